The predicted octanol–water partition coefficient (Wildman–Crippen LogP) is 2.54. The maximum Gasteiger partial charge on any atom is 0.341 e. The minimum atomic E-state index is -0.341. The van der Waals surface area contributed by atoms with Gasteiger partial charge < -0.3 is 15.0 Å². The summed E-state index contributed by atoms with van der Waals surface area (Å²) in [7, 11) is 0. The summed E-state index contributed by atoms with van der Waals surface area (Å²) in [6.07, 6.45) is 4.89. The highest BCUT2D eigenvalue weighted by atomic mass is 32.1. The Balaban J connectivity index is 1.38. The van der Waals surface area contributed by atoms with E-state index in [2.05, 4.69) is 17.1 Å². The molecule has 1 saturated heterocycles. The summed E-state index contributed by atoms with van der Waals surface area (Å²) in [5.74, 6) is 0.649. The van der Waals surface area contributed by atoms with Gasteiger partial charge in [0.05, 0.1) is 18.7 Å². The monoisotopic (exact) mass is 433 g/mol. The van der Waals surface area contributed by atoms with E-state index in [9.17, 15) is 14.4 Å². The summed E-state index contributed by atoms with van der Waals surface area (Å²) >= 11 is 1.52. The Morgan fingerprint density at radius 3 is 2.53 bits per heavy atom. The number of piperazine rings is 1. The first-order chi connectivity index (χ1) is 14.5. The SMILES string of the molecule is CCOC(=O)c1c(NC(=O)CN2CCN(C(=O)C3CC3)CC2)sc2c1CC[C@H](C)C2. The number of thiophene rings is 1. The molecule has 1 atom stereocenters. The Morgan fingerprint density at radius 2 is 1.87 bits per heavy atom. The average molecular weight is 434 g/mol. The number of hydrogen-bond donors (Lipinski definition) is 1. The van der Waals surface area contributed by atoms with Crippen LogP contribution in [-0.4, -0.2) is 66.9 Å². The second kappa shape index (κ2) is 9.06. The lowest BCUT2D eigenvalue weighted by Crippen LogP contribution is -2.50. The van der Waals surface area contributed by atoms with Crippen LogP contribution in [0.25, 0.3) is 0 Å². The molecule has 2 heterocycles. The van der Waals surface area contributed by atoms with Crippen LogP contribution >= 0.6 is 11.3 Å². The molecule has 1 aliphatic heterocycles. The Morgan fingerprint density at radius 1 is 1.13 bits per heavy atom. The van der Waals surface area contributed by atoms with E-state index >= 15 is 0 Å². The normalized spacial score (nSPS) is 21.8. The van der Waals surface area contributed by atoms with Gasteiger partial charge in [0.2, 0.25) is 11.8 Å². The van der Waals surface area contributed by atoms with Crippen molar-refractivity contribution in [3.63, 3.8) is 0 Å². The first-order valence-electron chi connectivity index (χ1n) is 11.1. The number of rotatable bonds is 6. The number of amides is 2. The Hall–Kier alpha value is -1.93. The number of anilines is 1. The molecule has 1 aromatic heterocycles. The van der Waals surface area contributed by atoms with Crippen molar-refractivity contribution in [2.24, 2.45) is 11.8 Å². The number of fused-ring (bicyclic) bond motifs is 1. The number of carbonyl (C=O) groups is 3. The molecule has 0 aromatic carbocycles. The summed E-state index contributed by atoms with van der Waals surface area (Å²) < 4.78 is 5.28. The lowest BCUT2D eigenvalue weighted by atomic mass is 9.88. The van der Waals surface area contributed by atoms with Crippen LogP contribution in [0.15, 0.2) is 0 Å². The van der Waals surface area contributed by atoms with E-state index in [4.69, 9.17) is 4.74 Å². The highest BCUT2D eigenvalue weighted by Crippen LogP contribution is 2.40. The maximum absolute atomic E-state index is 12.7. The molecule has 1 N–H and O–H groups in total. The molecule has 30 heavy (non-hydrogen) atoms. The van der Waals surface area contributed by atoms with Crippen molar-refractivity contribution >= 4 is 34.1 Å². The third-order valence-corrected chi connectivity index (χ3v) is 7.39. The summed E-state index contributed by atoms with van der Waals surface area (Å²) in [5, 5.41) is 3.61. The number of nitrogens with one attached hydrogen (secondary N) is 1. The molecule has 0 bridgehead atoms. The summed E-state index contributed by atoms with van der Waals surface area (Å²) in [6, 6.07) is 0. The van der Waals surface area contributed by atoms with Crippen LogP contribution in [0.5, 0.6) is 0 Å². The largest absolute Gasteiger partial charge is 0.462 e. The first-order valence-corrected chi connectivity index (χ1v) is 11.9. The van der Waals surface area contributed by atoms with E-state index in [1.54, 1.807) is 6.92 Å². The van der Waals surface area contributed by atoms with Crippen LogP contribution in [0.1, 0.15) is 53.9 Å². The van der Waals surface area contributed by atoms with Crippen molar-refractivity contribution in [2.45, 2.75) is 46.0 Å². The highest BCUT2D eigenvalue weighted by molar-refractivity contribution is 7.17. The van der Waals surface area contributed by atoms with Gasteiger partial charge in [0.15, 0.2) is 0 Å². The van der Waals surface area contributed by atoms with Crippen molar-refractivity contribution in [3.05, 3.63) is 16.0 Å². The van der Waals surface area contributed by atoms with E-state index in [0.717, 1.165) is 37.7 Å². The van der Waals surface area contributed by atoms with Gasteiger partial charge in [0.25, 0.3) is 0 Å². The Bertz CT molecular complexity index is 825. The van der Waals surface area contributed by atoms with Crippen LogP contribution in [0.3, 0.4) is 0 Å². The third-order valence-electron chi connectivity index (χ3n) is 6.22. The van der Waals surface area contributed by atoms with Crippen LogP contribution in [0, 0.1) is 11.8 Å². The van der Waals surface area contributed by atoms with Gasteiger partial charge in [-0.1, -0.05) is 6.92 Å². The second-order valence-electron chi connectivity index (χ2n) is 8.70. The number of hydrogen-bond acceptors (Lipinski definition) is 6. The summed E-state index contributed by atoms with van der Waals surface area (Å²) in [4.78, 5) is 42.7. The molecule has 3 aliphatic rings. The van der Waals surface area contributed by atoms with Crippen molar-refractivity contribution in [1.82, 2.24) is 9.80 Å². The molecule has 7 nitrogen and oxygen atoms in total. The van der Waals surface area contributed by atoms with Crippen LogP contribution in [0.4, 0.5) is 5.00 Å². The van der Waals surface area contributed by atoms with Gasteiger partial charge in [-0.3, -0.25) is 14.5 Å². The van der Waals surface area contributed by atoms with Crippen LogP contribution < -0.4 is 5.32 Å². The lowest BCUT2D eigenvalue weighted by molar-refractivity contribution is -0.134. The van der Waals surface area contributed by atoms with Gasteiger partial charge in [-0.2, -0.15) is 0 Å². The fraction of sp³-hybridized carbons (Fsp3) is 0.682. The van der Waals surface area contributed by atoms with Crippen LogP contribution in [0.2, 0.25) is 0 Å². The third kappa shape index (κ3) is 4.70. The molecular formula is C22H31N3O4S. The van der Waals surface area contributed by atoms with Gasteiger partial charge in [-0.05, 0) is 50.5 Å². The van der Waals surface area contributed by atoms with E-state index in [0.29, 0.717) is 49.3 Å². The molecule has 0 unspecified atom stereocenters. The van der Waals surface area contributed by atoms with E-state index < -0.39 is 0 Å². The number of carbonyl (C=O) groups excluding carboxylic acids is 3. The first kappa shape index (κ1) is 21.3. The zero-order chi connectivity index (χ0) is 21.3. The van der Waals surface area contributed by atoms with Crippen LogP contribution in [-0.2, 0) is 27.2 Å². The molecule has 0 spiro atoms. The number of esters is 1. The number of nitrogens with zero attached hydrogens (tertiary/aromatic N) is 2. The standard InChI is InChI=1S/C22H31N3O4S/c1-3-29-22(28)19-16-7-4-14(2)12-17(16)30-20(19)23-18(26)13-24-8-10-25(11-9-24)21(27)15-5-6-15/h14-15H,3-13H2,1-2H3,(H,23,26)/t14-/m0/s1. The summed E-state index contributed by atoms with van der Waals surface area (Å²) in [5.41, 5.74) is 1.61. The van der Waals surface area contributed by atoms with Gasteiger partial charge in [0, 0.05) is 37.0 Å². The fourth-order valence-corrected chi connectivity index (χ4v) is 5.76. The molecule has 164 valence electrons. The zero-order valence-electron chi connectivity index (χ0n) is 17.9. The van der Waals surface area contributed by atoms with Gasteiger partial charge in [-0.25, -0.2) is 4.79 Å². The molecule has 2 fully saturated rings. The lowest BCUT2D eigenvalue weighted by Gasteiger charge is -2.34. The zero-order valence-corrected chi connectivity index (χ0v) is 18.7. The second-order valence-corrected chi connectivity index (χ2v) is 9.81. The predicted molar refractivity (Wildman–Crippen MR) is 116 cm³/mol. The van der Waals surface area contributed by atoms with E-state index in [1.165, 1.54) is 16.2 Å². The molecule has 8 heteroatoms. The minimum absolute atomic E-state index is 0.117. The Labute approximate surface area is 181 Å². The van der Waals surface area contributed by atoms with Gasteiger partial charge >= 0.3 is 5.97 Å². The van der Waals surface area contributed by atoms with Crippen molar-refractivity contribution in [1.29, 1.82) is 0 Å². The topological polar surface area (TPSA) is 79.0 Å². The van der Waals surface area contributed by atoms with Crippen molar-refractivity contribution in [2.75, 3.05) is 44.6 Å². The maximum atomic E-state index is 12.7. The molecule has 2 aliphatic carbocycles. The summed E-state index contributed by atoms with van der Waals surface area (Å²) in [6.45, 7) is 7.38. The van der Waals surface area contributed by atoms with Crippen molar-refractivity contribution in [3.8, 4) is 0 Å². The molecule has 1 saturated carbocycles. The van der Waals surface area contributed by atoms with E-state index in [-0.39, 0.29) is 30.2 Å². The molecule has 1 aromatic rings. The number of ether oxygens (including phenoxy) is 1. The quantitative estimate of drug-likeness (QED) is 0.698. The van der Waals surface area contributed by atoms with Gasteiger partial charge in [-0.15, -0.1) is 11.3 Å². The molecule has 0 radical (unpaired) electrons. The fourth-order valence-electron chi connectivity index (χ4n) is 4.34. The molecular weight excluding hydrogens is 402 g/mol. The average Bonchev–Trinajstić information content (AvgIpc) is 3.50. The Kier molecular flexibility index (Phi) is 6.43. The molecule has 2 amide bonds. The molecule has 4 rings (SSSR count). The highest BCUT2D eigenvalue weighted by Gasteiger charge is 2.35. The van der Waals surface area contributed by atoms with Gasteiger partial charge in [0.1, 0.15) is 5.00 Å². The smallest absolute Gasteiger partial charge is 0.341 e. The van der Waals surface area contributed by atoms with Crippen molar-refractivity contribution < 1.29 is 19.1 Å². The minimum Gasteiger partial charge on any atom is -0.462 e. The van der Waals surface area contributed by atoms with E-state index in [1.807, 2.05) is 4.90 Å².